The highest BCUT2D eigenvalue weighted by Gasteiger charge is 2.46. The summed E-state index contributed by atoms with van der Waals surface area (Å²) in [6.07, 6.45) is 2.23. The van der Waals surface area contributed by atoms with Gasteiger partial charge >= 0.3 is 5.97 Å². The van der Waals surface area contributed by atoms with Crippen molar-refractivity contribution in [3.8, 4) is 17.0 Å². The highest BCUT2D eigenvalue weighted by atomic mass is 32.1. The Morgan fingerprint density at radius 1 is 1.17 bits per heavy atom. The first-order valence-corrected chi connectivity index (χ1v) is 15.0. The first-order chi connectivity index (χ1) is 20.0. The molecule has 1 aliphatic carbocycles. The molecule has 0 bridgehead atoms. The van der Waals surface area contributed by atoms with E-state index in [4.69, 9.17) is 4.74 Å². The molecule has 42 heavy (non-hydrogen) atoms. The summed E-state index contributed by atoms with van der Waals surface area (Å²) in [5.74, 6) is -3.03. The van der Waals surface area contributed by atoms with Crippen LogP contribution in [0.25, 0.3) is 11.3 Å². The van der Waals surface area contributed by atoms with Gasteiger partial charge in [-0.2, -0.15) is 0 Å². The lowest BCUT2D eigenvalue weighted by Gasteiger charge is -2.28. The van der Waals surface area contributed by atoms with Gasteiger partial charge in [-0.1, -0.05) is 0 Å². The van der Waals surface area contributed by atoms with E-state index < -0.39 is 35.3 Å². The van der Waals surface area contributed by atoms with Gasteiger partial charge in [-0.05, 0) is 94.3 Å². The van der Waals surface area contributed by atoms with Gasteiger partial charge in [0.15, 0.2) is 11.6 Å². The number of carbonyl (C=O) groups is 2. The highest BCUT2D eigenvalue weighted by Crippen LogP contribution is 2.41. The maximum atomic E-state index is 13.7. The van der Waals surface area contributed by atoms with Crippen molar-refractivity contribution < 1.29 is 28.2 Å². The second-order valence-electron chi connectivity index (χ2n) is 10.9. The number of nitrogens with one attached hydrogen (secondary N) is 2. The number of carboxylic acid groups (broad SMARTS) is 1. The van der Waals surface area contributed by atoms with E-state index in [1.807, 2.05) is 17.5 Å². The van der Waals surface area contributed by atoms with Gasteiger partial charge in [-0.15, -0.1) is 24.0 Å². The van der Waals surface area contributed by atoms with Gasteiger partial charge in [0.25, 0.3) is 0 Å². The van der Waals surface area contributed by atoms with E-state index in [0.717, 1.165) is 23.7 Å². The molecule has 1 aromatic heterocycles. The number of ether oxygens (including phenoxy) is 1. The number of amides is 1. The first kappa shape index (κ1) is 31.9. The minimum Gasteiger partial charge on any atom is -0.496 e. The van der Waals surface area contributed by atoms with Crippen LogP contribution in [-0.2, 0) is 29.0 Å². The number of piperidine rings is 1. The molecule has 8 nitrogen and oxygen atoms in total. The van der Waals surface area contributed by atoms with Crippen LogP contribution < -0.4 is 15.4 Å². The number of thiol groups is 1. The molecule has 226 valence electrons. The van der Waals surface area contributed by atoms with Gasteiger partial charge in [0.05, 0.1) is 31.2 Å². The van der Waals surface area contributed by atoms with Crippen molar-refractivity contribution in [3.63, 3.8) is 0 Å². The van der Waals surface area contributed by atoms with Crippen LogP contribution in [0.15, 0.2) is 40.6 Å². The van der Waals surface area contributed by atoms with Crippen LogP contribution >= 0.6 is 24.0 Å². The third-order valence-electron chi connectivity index (χ3n) is 7.74. The molecule has 0 radical (unpaired) electrons. The predicted molar refractivity (Wildman–Crippen MR) is 161 cm³/mol. The summed E-state index contributed by atoms with van der Waals surface area (Å²) in [5.41, 5.74) is 1.13. The van der Waals surface area contributed by atoms with E-state index in [-0.39, 0.29) is 19.4 Å². The molecule has 2 aromatic carbocycles. The summed E-state index contributed by atoms with van der Waals surface area (Å²) < 4.78 is 32.5. The van der Waals surface area contributed by atoms with Crippen LogP contribution in [0.3, 0.4) is 0 Å². The number of benzene rings is 2. The first-order valence-electron chi connectivity index (χ1n) is 13.7. The molecule has 1 aliphatic heterocycles. The Bertz CT molecular complexity index is 1400. The number of halogens is 2. The summed E-state index contributed by atoms with van der Waals surface area (Å²) in [4.78, 5) is 32.1. The van der Waals surface area contributed by atoms with Crippen LogP contribution in [-0.4, -0.2) is 67.2 Å². The van der Waals surface area contributed by atoms with Crippen LogP contribution in [0, 0.1) is 17.0 Å². The van der Waals surface area contributed by atoms with Crippen LogP contribution in [0.2, 0.25) is 0 Å². The molecule has 1 saturated heterocycles. The number of rotatable bonds is 8. The van der Waals surface area contributed by atoms with Gasteiger partial charge in [0, 0.05) is 21.9 Å². The summed E-state index contributed by atoms with van der Waals surface area (Å²) >= 11 is 5.74. The number of thiazole rings is 1. The van der Waals surface area contributed by atoms with Crippen molar-refractivity contribution in [2.24, 2.45) is 5.41 Å². The molecule has 0 saturated carbocycles. The van der Waals surface area contributed by atoms with E-state index >= 15 is 0 Å². The lowest BCUT2D eigenvalue weighted by atomic mass is 9.80. The Kier molecular flexibility index (Phi) is 10.6. The molecule has 0 spiro atoms. The average Bonchev–Trinajstić information content (AvgIpc) is 3.57. The lowest BCUT2D eigenvalue weighted by molar-refractivity contribution is -0.145. The molecule has 2 aliphatic rings. The van der Waals surface area contributed by atoms with Gasteiger partial charge in [0.2, 0.25) is 5.91 Å². The molecule has 1 amide bonds. The van der Waals surface area contributed by atoms with Crippen molar-refractivity contribution in [3.05, 3.63) is 63.5 Å². The summed E-state index contributed by atoms with van der Waals surface area (Å²) in [6.45, 7) is 2.50. The fraction of sp³-hybridized carbons (Fsp3) is 0.433. The molecule has 1 fully saturated rings. The molecular weight excluding hydrogens is 582 g/mol. The monoisotopic (exact) mass is 618 g/mol. The predicted octanol–water partition coefficient (Wildman–Crippen LogP) is 4.56. The number of hydrogen-bond donors (Lipinski definition) is 4. The molecule has 3 N–H and O–H groups in total. The zero-order valence-electron chi connectivity index (χ0n) is 23.9. The maximum Gasteiger partial charge on any atom is 0.304 e. The molecule has 12 heteroatoms. The zero-order valence-corrected chi connectivity index (χ0v) is 25.6. The van der Waals surface area contributed by atoms with E-state index in [9.17, 15) is 23.5 Å². The fourth-order valence-electron chi connectivity index (χ4n) is 5.45. The third-order valence-corrected chi connectivity index (χ3v) is 8.94. The number of aliphatic carboxylic acids is 1. The van der Waals surface area contributed by atoms with Crippen molar-refractivity contribution in [1.29, 1.82) is 0 Å². The van der Waals surface area contributed by atoms with Crippen molar-refractivity contribution in [1.82, 2.24) is 20.5 Å². The molecule has 5 rings (SSSR count). The van der Waals surface area contributed by atoms with Gasteiger partial charge in [0.1, 0.15) is 10.8 Å². The highest BCUT2D eigenvalue weighted by molar-refractivity contribution is 7.80. The number of carbonyl (C=O) groups excluding carboxylic acids is 1. The standard InChI is InChI=1S/C23H20F2N2O4S2.C7H16N2/c1-31-18-3-2-12(6-19(18)32)17-11-33-20(27-17)10-26-22(30)23(9-21(28)29)7-13-4-15(24)16(25)5-14(13)8-23;1-9(2)7-3-5-8-6-4-7/h2-6,11,32H,7-10H2,1H3,(H,26,30)(H,28,29);7-8H,3-6H2,1-2H3. The maximum absolute atomic E-state index is 13.7. The molecule has 0 atom stereocenters. The minimum atomic E-state index is -1.31. The van der Waals surface area contributed by atoms with Crippen LogP contribution in [0.5, 0.6) is 5.75 Å². The minimum absolute atomic E-state index is 0.0252. The Labute approximate surface area is 253 Å². The number of methoxy groups -OCH3 is 1. The van der Waals surface area contributed by atoms with Gasteiger partial charge < -0.3 is 25.4 Å². The third kappa shape index (κ3) is 7.66. The van der Waals surface area contributed by atoms with Crippen molar-refractivity contribution in [2.75, 3.05) is 34.3 Å². The summed E-state index contributed by atoms with van der Waals surface area (Å²) in [6, 6.07) is 8.38. The van der Waals surface area contributed by atoms with Crippen LogP contribution in [0.4, 0.5) is 8.78 Å². The topological polar surface area (TPSA) is 104 Å². The Balaban J connectivity index is 0.000000385. The fourth-order valence-corrected chi connectivity index (χ4v) is 6.49. The molecule has 0 unspecified atom stereocenters. The average molecular weight is 619 g/mol. The number of aromatic nitrogens is 1. The van der Waals surface area contributed by atoms with E-state index in [0.29, 0.717) is 32.5 Å². The smallest absolute Gasteiger partial charge is 0.304 e. The molecular formula is C30H36F2N4O4S2. The summed E-state index contributed by atoms with van der Waals surface area (Å²) in [7, 11) is 5.89. The number of carboxylic acids is 1. The Morgan fingerprint density at radius 2 is 1.81 bits per heavy atom. The number of hydrogen-bond acceptors (Lipinski definition) is 8. The lowest BCUT2D eigenvalue weighted by Crippen LogP contribution is -2.43. The van der Waals surface area contributed by atoms with E-state index in [1.165, 1.54) is 37.3 Å². The van der Waals surface area contributed by atoms with Crippen LogP contribution in [0.1, 0.15) is 35.4 Å². The second kappa shape index (κ2) is 13.9. The summed E-state index contributed by atoms with van der Waals surface area (Å²) in [5, 5.41) is 18.0. The zero-order chi connectivity index (χ0) is 30.4. The van der Waals surface area contributed by atoms with E-state index in [1.54, 1.807) is 13.2 Å². The quantitative estimate of drug-likeness (QED) is 0.275. The second-order valence-corrected chi connectivity index (χ2v) is 12.3. The van der Waals surface area contributed by atoms with Gasteiger partial charge in [-0.3, -0.25) is 9.59 Å². The van der Waals surface area contributed by atoms with Crippen molar-refractivity contribution >= 4 is 35.8 Å². The number of nitrogens with zero attached hydrogens (tertiary/aromatic N) is 2. The largest absolute Gasteiger partial charge is 0.496 e. The molecule has 2 heterocycles. The number of fused-ring (bicyclic) bond motifs is 1. The SMILES string of the molecule is CN(C)C1CCNCC1.COc1ccc(-c2csc(CNC(=O)C3(CC(=O)O)Cc4cc(F)c(F)cc4C3)n2)cc1S. The van der Waals surface area contributed by atoms with Crippen molar-refractivity contribution in [2.45, 2.75) is 49.6 Å². The molecule has 3 aromatic rings. The normalized spacial score (nSPS) is 16.0. The Morgan fingerprint density at radius 3 is 2.33 bits per heavy atom. The van der Waals surface area contributed by atoms with E-state index in [2.05, 4.69) is 47.2 Å². The van der Waals surface area contributed by atoms with Gasteiger partial charge in [-0.25, -0.2) is 13.8 Å². The Hall–Kier alpha value is -3.06.